The van der Waals surface area contributed by atoms with Crippen LogP contribution in [0.2, 0.25) is 5.02 Å². The van der Waals surface area contributed by atoms with E-state index in [9.17, 15) is 14.0 Å². The smallest absolute Gasteiger partial charge is 0.243 e. The third-order valence-electron chi connectivity index (χ3n) is 6.19. The van der Waals surface area contributed by atoms with Gasteiger partial charge in [0.05, 0.1) is 0 Å². The molecule has 2 amide bonds. The molecule has 37 heavy (non-hydrogen) atoms. The fraction of sp³-hybridized carbons (Fsp3) is 0.333. The number of halogens is 2. The molecule has 0 radical (unpaired) electrons. The highest BCUT2D eigenvalue weighted by Gasteiger charge is 2.31. The maximum absolute atomic E-state index is 14.6. The second-order valence-electron chi connectivity index (χ2n) is 9.04. The van der Waals surface area contributed by atoms with E-state index < -0.39 is 6.04 Å². The van der Waals surface area contributed by atoms with Gasteiger partial charge in [0.2, 0.25) is 11.8 Å². The average Bonchev–Trinajstić information content (AvgIpc) is 2.91. The normalized spacial score (nSPS) is 12.5. The van der Waals surface area contributed by atoms with Crippen molar-refractivity contribution in [3.8, 4) is 0 Å². The monoisotopic (exact) mass is 540 g/mol. The number of rotatable bonds is 13. The number of carbonyl (C=O) groups excluding carboxylic acids is 2. The molecular weight excluding hydrogens is 507 g/mol. The largest absolute Gasteiger partial charge is 0.352 e. The fourth-order valence-electron chi connectivity index (χ4n) is 3.89. The summed E-state index contributed by atoms with van der Waals surface area (Å²) in [7, 11) is 0. The minimum absolute atomic E-state index is 0.0290. The summed E-state index contributed by atoms with van der Waals surface area (Å²) in [5.74, 6) is -0.0402. The summed E-state index contributed by atoms with van der Waals surface area (Å²) in [6.45, 7) is 3.97. The van der Waals surface area contributed by atoms with E-state index in [-0.39, 0.29) is 36.6 Å². The zero-order valence-corrected chi connectivity index (χ0v) is 22.9. The first-order valence-electron chi connectivity index (χ1n) is 12.6. The Morgan fingerprint density at radius 1 is 1.00 bits per heavy atom. The van der Waals surface area contributed by atoms with Gasteiger partial charge >= 0.3 is 0 Å². The van der Waals surface area contributed by atoms with Crippen molar-refractivity contribution >= 4 is 35.2 Å². The van der Waals surface area contributed by atoms with Crippen LogP contribution in [-0.2, 0) is 22.6 Å². The van der Waals surface area contributed by atoms with Crippen LogP contribution in [0.1, 0.15) is 44.2 Å². The summed E-state index contributed by atoms with van der Waals surface area (Å²) in [5.41, 5.74) is 1.33. The summed E-state index contributed by atoms with van der Waals surface area (Å²) in [6, 6.07) is 22.8. The topological polar surface area (TPSA) is 49.4 Å². The molecule has 0 aliphatic carbocycles. The molecule has 0 unspecified atom stereocenters. The SMILES string of the molecule is CC[C@H](C)NC(=O)[C@@H](Cc1ccccc1)N(Cc1ccccc1F)C(=O)CCCSc1ccc(Cl)cc1. The van der Waals surface area contributed by atoms with Crippen molar-refractivity contribution in [3.05, 3.63) is 101 Å². The number of nitrogens with one attached hydrogen (secondary N) is 1. The minimum Gasteiger partial charge on any atom is -0.352 e. The van der Waals surface area contributed by atoms with Gasteiger partial charge < -0.3 is 10.2 Å². The number of benzene rings is 3. The minimum atomic E-state index is -0.757. The number of nitrogens with zero attached hydrogens (tertiary/aromatic N) is 1. The first kappa shape index (κ1) is 28.7. The number of amides is 2. The maximum Gasteiger partial charge on any atom is 0.243 e. The number of hydrogen-bond donors (Lipinski definition) is 1. The Bertz CT molecular complexity index is 1140. The predicted molar refractivity (Wildman–Crippen MR) is 150 cm³/mol. The van der Waals surface area contributed by atoms with Gasteiger partial charge in [0.25, 0.3) is 0 Å². The maximum atomic E-state index is 14.6. The lowest BCUT2D eigenvalue weighted by Gasteiger charge is -2.32. The van der Waals surface area contributed by atoms with Crippen LogP contribution < -0.4 is 5.32 Å². The van der Waals surface area contributed by atoms with Crippen LogP contribution in [0.3, 0.4) is 0 Å². The molecule has 196 valence electrons. The van der Waals surface area contributed by atoms with Crippen LogP contribution in [0.5, 0.6) is 0 Å². The molecule has 2 atom stereocenters. The molecule has 0 aliphatic rings. The summed E-state index contributed by atoms with van der Waals surface area (Å²) in [5, 5.41) is 3.72. The van der Waals surface area contributed by atoms with Crippen molar-refractivity contribution in [2.75, 3.05) is 5.75 Å². The van der Waals surface area contributed by atoms with Crippen molar-refractivity contribution in [3.63, 3.8) is 0 Å². The van der Waals surface area contributed by atoms with Crippen LogP contribution in [0.4, 0.5) is 4.39 Å². The Kier molecular flexibility index (Phi) is 11.5. The molecular formula is C30H34ClFN2O2S. The summed E-state index contributed by atoms with van der Waals surface area (Å²) < 4.78 is 14.6. The Labute approximate surface area is 228 Å². The Morgan fingerprint density at radius 2 is 1.68 bits per heavy atom. The zero-order chi connectivity index (χ0) is 26.6. The standard InChI is InChI=1S/C30H34ClFN2O2S/c1-3-22(2)33-30(36)28(20-23-10-5-4-6-11-23)34(21-24-12-7-8-13-27(24)32)29(35)14-9-19-37-26-17-15-25(31)16-18-26/h4-8,10-13,15-18,22,28H,3,9,14,19-21H2,1-2H3,(H,33,36)/t22-,28+/m0/s1. The lowest BCUT2D eigenvalue weighted by molar-refractivity contribution is -0.141. The van der Waals surface area contributed by atoms with Crippen molar-refractivity contribution in [1.29, 1.82) is 0 Å². The molecule has 0 spiro atoms. The molecule has 0 heterocycles. The Hall–Kier alpha value is -2.83. The molecule has 0 bridgehead atoms. The predicted octanol–water partition coefficient (Wildman–Crippen LogP) is 6.91. The van der Waals surface area contributed by atoms with E-state index in [0.29, 0.717) is 23.4 Å². The van der Waals surface area contributed by atoms with Crippen LogP contribution in [0, 0.1) is 5.82 Å². The lowest BCUT2D eigenvalue weighted by atomic mass is 10.0. The highest BCUT2D eigenvalue weighted by Crippen LogP contribution is 2.23. The van der Waals surface area contributed by atoms with Crippen LogP contribution in [0.25, 0.3) is 0 Å². The summed E-state index contributed by atoms with van der Waals surface area (Å²) in [6.07, 6.45) is 2.01. The molecule has 3 aromatic rings. The summed E-state index contributed by atoms with van der Waals surface area (Å²) in [4.78, 5) is 29.7. The van der Waals surface area contributed by atoms with Gasteiger partial charge in [-0.15, -0.1) is 11.8 Å². The molecule has 1 N–H and O–H groups in total. The lowest BCUT2D eigenvalue weighted by Crippen LogP contribution is -2.52. The average molecular weight is 541 g/mol. The number of thioether (sulfide) groups is 1. The molecule has 3 aromatic carbocycles. The van der Waals surface area contributed by atoms with Crippen molar-refractivity contribution in [2.24, 2.45) is 0 Å². The second kappa shape index (κ2) is 14.8. The zero-order valence-electron chi connectivity index (χ0n) is 21.3. The molecule has 0 saturated heterocycles. The first-order chi connectivity index (χ1) is 17.9. The van der Waals surface area contributed by atoms with Crippen LogP contribution >= 0.6 is 23.4 Å². The quantitative estimate of drug-likeness (QED) is 0.189. The molecule has 4 nitrogen and oxygen atoms in total. The molecule has 0 saturated carbocycles. The van der Waals surface area contributed by atoms with Gasteiger partial charge in [-0.3, -0.25) is 9.59 Å². The van der Waals surface area contributed by atoms with Gasteiger partial charge in [-0.05, 0) is 61.4 Å². The van der Waals surface area contributed by atoms with E-state index in [1.807, 2.05) is 68.4 Å². The van der Waals surface area contributed by atoms with E-state index >= 15 is 0 Å². The van der Waals surface area contributed by atoms with E-state index in [1.165, 1.54) is 6.07 Å². The third-order valence-corrected chi connectivity index (χ3v) is 7.54. The van der Waals surface area contributed by atoms with E-state index in [4.69, 9.17) is 11.6 Å². The van der Waals surface area contributed by atoms with E-state index in [0.717, 1.165) is 22.6 Å². The molecule has 0 aliphatic heterocycles. The Morgan fingerprint density at radius 3 is 2.35 bits per heavy atom. The highest BCUT2D eigenvalue weighted by atomic mass is 35.5. The third kappa shape index (κ3) is 9.20. The molecule has 0 aromatic heterocycles. The number of hydrogen-bond acceptors (Lipinski definition) is 3. The van der Waals surface area contributed by atoms with Gasteiger partial charge in [-0.25, -0.2) is 4.39 Å². The second-order valence-corrected chi connectivity index (χ2v) is 10.6. The fourth-order valence-corrected chi connectivity index (χ4v) is 4.87. The molecule has 0 fully saturated rings. The summed E-state index contributed by atoms with van der Waals surface area (Å²) >= 11 is 7.61. The van der Waals surface area contributed by atoms with Crippen molar-refractivity contribution in [1.82, 2.24) is 10.2 Å². The number of carbonyl (C=O) groups is 2. The Balaban J connectivity index is 1.80. The van der Waals surface area contributed by atoms with E-state index in [2.05, 4.69) is 5.32 Å². The van der Waals surface area contributed by atoms with Gasteiger partial charge in [-0.1, -0.05) is 67.1 Å². The van der Waals surface area contributed by atoms with Gasteiger partial charge in [0, 0.05) is 40.9 Å². The van der Waals surface area contributed by atoms with Crippen molar-refractivity contribution in [2.45, 2.75) is 63.1 Å². The van der Waals surface area contributed by atoms with Crippen LogP contribution in [0.15, 0.2) is 83.8 Å². The van der Waals surface area contributed by atoms with Gasteiger partial charge in [0.1, 0.15) is 11.9 Å². The molecule has 3 rings (SSSR count). The van der Waals surface area contributed by atoms with Crippen molar-refractivity contribution < 1.29 is 14.0 Å². The van der Waals surface area contributed by atoms with E-state index in [1.54, 1.807) is 34.9 Å². The highest BCUT2D eigenvalue weighted by molar-refractivity contribution is 7.99. The van der Waals surface area contributed by atoms with Gasteiger partial charge in [0.15, 0.2) is 0 Å². The molecule has 7 heteroatoms. The van der Waals surface area contributed by atoms with Gasteiger partial charge in [-0.2, -0.15) is 0 Å². The van der Waals surface area contributed by atoms with Crippen LogP contribution in [-0.4, -0.2) is 34.6 Å². The first-order valence-corrected chi connectivity index (χ1v) is 14.0.